The van der Waals surface area contributed by atoms with E-state index in [9.17, 15) is 4.79 Å². The second kappa shape index (κ2) is 6.28. The van der Waals surface area contributed by atoms with Gasteiger partial charge in [-0.05, 0) is 62.5 Å². The molecule has 112 valence electrons. The number of rotatable bonds is 3. The van der Waals surface area contributed by atoms with Crippen molar-refractivity contribution in [3.63, 3.8) is 0 Å². The smallest absolute Gasteiger partial charge is 0.241 e. The molecular formula is C17H23N3O. The number of anilines is 1. The lowest BCUT2D eigenvalue weighted by Crippen LogP contribution is -2.47. The maximum absolute atomic E-state index is 12.3. The fourth-order valence-electron chi connectivity index (χ4n) is 2.56. The zero-order valence-corrected chi connectivity index (χ0v) is 13.0. The Morgan fingerprint density at radius 2 is 1.86 bits per heavy atom. The topological polar surface area (TPSA) is 56.1 Å². The monoisotopic (exact) mass is 285 g/mol. The first-order valence-corrected chi connectivity index (χ1v) is 7.46. The molecule has 1 saturated heterocycles. The van der Waals surface area contributed by atoms with Crippen LogP contribution in [0.1, 0.15) is 39.2 Å². The highest BCUT2D eigenvalue weighted by atomic mass is 16.2. The van der Waals surface area contributed by atoms with Crippen LogP contribution in [0.15, 0.2) is 24.3 Å². The quantitative estimate of drug-likeness (QED) is 0.928. The first kappa shape index (κ1) is 15.5. The van der Waals surface area contributed by atoms with E-state index in [-0.39, 0.29) is 11.9 Å². The number of nitrogens with zero attached hydrogens (tertiary/aromatic N) is 2. The summed E-state index contributed by atoms with van der Waals surface area (Å²) in [5.74, 6) is 0.0133. The van der Waals surface area contributed by atoms with Gasteiger partial charge in [0.05, 0.1) is 17.7 Å². The van der Waals surface area contributed by atoms with Gasteiger partial charge in [0.2, 0.25) is 5.91 Å². The third-order valence-corrected chi connectivity index (χ3v) is 4.36. The van der Waals surface area contributed by atoms with Gasteiger partial charge in [-0.2, -0.15) is 5.26 Å². The number of amides is 1. The molecule has 0 radical (unpaired) electrons. The van der Waals surface area contributed by atoms with E-state index in [1.807, 2.05) is 6.92 Å². The van der Waals surface area contributed by atoms with Crippen molar-refractivity contribution < 1.29 is 4.79 Å². The standard InChI is InChI=1S/C17H23N3O/c1-13(20-10-8-17(2,3)9-11-20)16(21)19-15-6-4-14(12-18)5-7-15/h4-7,13H,8-11H2,1-3H3,(H,19,21). The number of nitrogens with one attached hydrogen (secondary N) is 1. The molecule has 1 aliphatic rings. The summed E-state index contributed by atoms with van der Waals surface area (Å²) < 4.78 is 0. The van der Waals surface area contributed by atoms with E-state index in [4.69, 9.17) is 5.26 Å². The molecular weight excluding hydrogens is 262 g/mol. The number of piperidine rings is 1. The van der Waals surface area contributed by atoms with Crippen molar-refractivity contribution >= 4 is 11.6 Å². The summed E-state index contributed by atoms with van der Waals surface area (Å²) >= 11 is 0. The third-order valence-electron chi connectivity index (χ3n) is 4.36. The van der Waals surface area contributed by atoms with Crippen molar-refractivity contribution in [2.75, 3.05) is 18.4 Å². The van der Waals surface area contributed by atoms with E-state index in [0.717, 1.165) is 31.6 Å². The maximum Gasteiger partial charge on any atom is 0.241 e. The van der Waals surface area contributed by atoms with Crippen molar-refractivity contribution in [2.24, 2.45) is 5.41 Å². The molecule has 4 heteroatoms. The second-order valence-electron chi connectivity index (χ2n) is 6.55. The number of carbonyl (C=O) groups is 1. The zero-order valence-electron chi connectivity index (χ0n) is 13.0. The van der Waals surface area contributed by atoms with Crippen LogP contribution in [0.5, 0.6) is 0 Å². The summed E-state index contributed by atoms with van der Waals surface area (Å²) in [6.07, 6.45) is 2.25. The molecule has 1 aromatic rings. The van der Waals surface area contributed by atoms with Crippen LogP contribution in [0.2, 0.25) is 0 Å². The minimum atomic E-state index is -0.128. The Labute approximate surface area is 126 Å². The largest absolute Gasteiger partial charge is 0.325 e. The molecule has 1 amide bonds. The highest BCUT2D eigenvalue weighted by Crippen LogP contribution is 2.30. The number of carbonyl (C=O) groups excluding carboxylic acids is 1. The lowest BCUT2D eigenvalue weighted by atomic mass is 9.82. The Morgan fingerprint density at radius 1 is 1.29 bits per heavy atom. The van der Waals surface area contributed by atoms with Gasteiger partial charge in [-0.25, -0.2) is 0 Å². The Kier molecular flexibility index (Phi) is 4.64. The van der Waals surface area contributed by atoms with Crippen LogP contribution in [0.25, 0.3) is 0 Å². The molecule has 0 saturated carbocycles. The molecule has 1 aliphatic heterocycles. The molecule has 0 spiro atoms. The summed E-state index contributed by atoms with van der Waals surface area (Å²) in [6, 6.07) is 8.90. The summed E-state index contributed by atoms with van der Waals surface area (Å²) in [5.41, 5.74) is 1.72. The van der Waals surface area contributed by atoms with Gasteiger partial charge in [-0.1, -0.05) is 13.8 Å². The Hall–Kier alpha value is -1.86. The average Bonchev–Trinajstić information content (AvgIpc) is 2.47. The second-order valence-corrected chi connectivity index (χ2v) is 6.55. The van der Waals surface area contributed by atoms with Crippen molar-refractivity contribution in [3.8, 4) is 6.07 Å². The van der Waals surface area contributed by atoms with Crippen LogP contribution in [0.4, 0.5) is 5.69 Å². The Balaban J connectivity index is 1.92. The SMILES string of the molecule is CC(C(=O)Nc1ccc(C#N)cc1)N1CCC(C)(C)CC1. The van der Waals surface area contributed by atoms with Gasteiger partial charge in [0.1, 0.15) is 0 Å². The maximum atomic E-state index is 12.3. The van der Waals surface area contributed by atoms with Crippen LogP contribution < -0.4 is 5.32 Å². The molecule has 0 bridgehead atoms. The highest BCUT2D eigenvalue weighted by molar-refractivity contribution is 5.94. The fourth-order valence-corrected chi connectivity index (χ4v) is 2.56. The van der Waals surface area contributed by atoms with Crippen LogP contribution in [-0.4, -0.2) is 29.9 Å². The van der Waals surface area contributed by atoms with E-state index < -0.39 is 0 Å². The third kappa shape index (κ3) is 4.05. The average molecular weight is 285 g/mol. The van der Waals surface area contributed by atoms with Crippen LogP contribution in [0, 0.1) is 16.7 Å². The first-order chi connectivity index (χ1) is 9.91. The van der Waals surface area contributed by atoms with Crippen molar-refractivity contribution in [3.05, 3.63) is 29.8 Å². The number of hydrogen-bond donors (Lipinski definition) is 1. The van der Waals surface area contributed by atoms with Crippen molar-refractivity contribution in [1.29, 1.82) is 5.26 Å². The summed E-state index contributed by atoms with van der Waals surface area (Å²) in [6.45, 7) is 8.46. The molecule has 0 aliphatic carbocycles. The van der Waals surface area contributed by atoms with E-state index in [2.05, 4.69) is 30.1 Å². The summed E-state index contributed by atoms with van der Waals surface area (Å²) in [7, 11) is 0. The predicted molar refractivity (Wildman–Crippen MR) is 83.8 cm³/mol. The molecule has 1 atom stereocenters. The fraction of sp³-hybridized carbons (Fsp3) is 0.529. The molecule has 0 aromatic heterocycles. The molecule has 1 heterocycles. The molecule has 2 rings (SSSR count). The number of nitriles is 1. The number of benzene rings is 1. The van der Waals surface area contributed by atoms with Gasteiger partial charge < -0.3 is 5.32 Å². The molecule has 21 heavy (non-hydrogen) atoms. The Morgan fingerprint density at radius 3 is 2.38 bits per heavy atom. The van der Waals surface area contributed by atoms with Gasteiger partial charge >= 0.3 is 0 Å². The number of hydrogen-bond acceptors (Lipinski definition) is 3. The minimum absolute atomic E-state index is 0.0133. The normalized spacial score (nSPS) is 19.5. The molecule has 1 fully saturated rings. The molecule has 1 N–H and O–H groups in total. The van der Waals surface area contributed by atoms with Gasteiger partial charge in [0.15, 0.2) is 0 Å². The van der Waals surface area contributed by atoms with E-state index in [1.165, 1.54) is 0 Å². The van der Waals surface area contributed by atoms with E-state index in [0.29, 0.717) is 11.0 Å². The van der Waals surface area contributed by atoms with E-state index in [1.54, 1.807) is 24.3 Å². The van der Waals surface area contributed by atoms with Gasteiger partial charge in [-0.3, -0.25) is 9.69 Å². The van der Waals surface area contributed by atoms with Crippen LogP contribution in [0.3, 0.4) is 0 Å². The van der Waals surface area contributed by atoms with Gasteiger partial charge in [-0.15, -0.1) is 0 Å². The lowest BCUT2D eigenvalue weighted by Gasteiger charge is -2.39. The van der Waals surface area contributed by atoms with Gasteiger partial charge in [0.25, 0.3) is 0 Å². The minimum Gasteiger partial charge on any atom is -0.325 e. The first-order valence-electron chi connectivity index (χ1n) is 7.46. The van der Waals surface area contributed by atoms with E-state index >= 15 is 0 Å². The van der Waals surface area contributed by atoms with Crippen molar-refractivity contribution in [1.82, 2.24) is 4.90 Å². The summed E-state index contributed by atoms with van der Waals surface area (Å²) in [5, 5.41) is 11.7. The molecule has 1 aromatic carbocycles. The zero-order chi connectivity index (χ0) is 15.5. The highest BCUT2D eigenvalue weighted by Gasteiger charge is 2.30. The van der Waals surface area contributed by atoms with Crippen molar-refractivity contribution in [2.45, 2.75) is 39.7 Å². The predicted octanol–water partition coefficient (Wildman–Crippen LogP) is 3.01. The number of likely N-dealkylation sites (tertiary alicyclic amines) is 1. The lowest BCUT2D eigenvalue weighted by molar-refractivity contribution is -0.121. The Bertz CT molecular complexity index is 532. The molecule has 1 unspecified atom stereocenters. The molecule has 4 nitrogen and oxygen atoms in total. The van der Waals surface area contributed by atoms with Crippen LogP contribution in [-0.2, 0) is 4.79 Å². The van der Waals surface area contributed by atoms with Crippen LogP contribution >= 0.6 is 0 Å². The summed E-state index contributed by atoms with van der Waals surface area (Å²) in [4.78, 5) is 14.6. The van der Waals surface area contributed by atoms with Gasteiger partial charge in [0, 0.05) is 5.69 Å².